The third-order valence-corrected chi connectivity index (χ3v) is 3.40. The molecule has 4 heteroatoms. The number of fused-ring (bicyclic) bond motifs is 1. The quantitative estimate of drug-likeness (QED) is 0.872. The molecule has 0 aliphatic carbocycles. The maximum Gasteiger partial charge on any atom is 0.227 e. The van der Waals surface area contributed by atoms with Crippen molar-refractivity contribution in [1.82, 2.24) is 10.3 Å². The molecule has 0 saturated heterocycles. The molecule has 16 heavy (non-hydrogen) atoms. The average molecular weight is 279 g/mol. The van der Waals surface area contributed by atoms with Gasteiger partial charge in [0.1, 0.15) is 5.76 Å². The molecule has 1 aromatic heterocycles. The number of benzene rings is 1. The molecule has 0 bridgehead atoms. The molecule has 0 fully saturated rings. The zero-order valence-corrected chi connectivity index (χ0v) is 10.3. The lowest BCUT2D eigenvalue weighted by Crippen LogP contribution is -2.22. The van der Waals surface area contributed by atoms with Crippen molar-refractivity contribution >= 4 is 15.9 Å². The van der Waals surface area contributed by atoms with Crippen molar-refractivity contribution < 1.29 is 4.42 Å². The molecule has 1 N–H and O–H groups in total. The Morgan fingerprint density at radius 2 is 2.19 bits per heavy atom. The first-order chi connectivity index (χ1) is 7.84. The Bertz CT molecular complexity index is 498. The van der Waals surface area contributed by atoms with Crippen LogP contribution in [0.25, 0.3) is 11.5 Å². The predicted octanol–water partition coefficient (Wildman–Crippen LogP) is 2.75. The zero-order valence-electron chi connectivity index (χ0n) is 8.66. The summed E-state index contributed by atoms with van der Waals surface area (Å²) in [5.41, 5.74) is 2.05. The minimum absolute atomic E-state index is 0.709. The van der Waals surface area contributed by atoms with Gasteiger partial charge in [-0.2, -0.15) is 0 Å². The van der Waals surface area contributed by atoms with E-state index in [0.717, 1.165) is 41.0 Å². The minimum atomic E-state index is 0.709. The van der Waals surface area contributed by atoms with E-state index in [2.05, 4.69) is 26.2 Å². The first-order valence-corrected chi connectivity index (χ1v) is 6.08. The highest BCUT2D eigenvalue weighted by molar-refractivity contribution is 9.10. The van der Waals surface area contributed by atoms with E-state index in [0.29, 0.717) is 5.89 Å². The van der Waals surface area contributed by atoms with Crippen molar-refractivity contribution in [2.45, 2.75) is 13.0 Å². The van der Waals surface area contributed by atoms with E-state index in [1.165, 1.54) is 0 Å². The van der Waals surface area contributed by atoms with Crippen LogP contribution in [0.2, 0.25) is 0 Å². The van der Waals surface area contributed by atoms with E-state index < -0.39 is 0 Å². The monoisotopic (exact) mass is 278 g/mol. The average Bonchev–Trinajstić information content (AvgIpc) is 2.73. The van der Waals surface area contributed by atoms with Crippen LogP contribution in [0.5, 0.6) is 0 Å². The van der Waals surface area contributed by atoms with E-state index in [1.807, 2.05) is 24.3 Å². The molecule has 0 atom stereocenters. The van der Waals surface area contributed by atoms with Gasteiger partial charge in [0.15, 0.2) is 0 Å². The predicted molar refractivity (Wildman–Crippen MR) is 65.0 cm³/mol. The molecular weight excluding hydrogens is 268 g/mol. The number of nitrogens with zero attached hydrogens (tertiary/aromatic N) is 1. The van der Waals surface area contributed by atoms with E-state index in [9.17, 15) is 0 Å². The molecule has 3 rings (SSSR count). The smallest absolute Gasteiger partial charge is 0.227 e. The van der Waals surface area contributed by atoms with Gasteiger partial charge in [-0.3, -0.25) is 0 Å². The zero-order chi connectivity index (χ0) is 11.0. The highest BCUT2D eigenvalue weighted by Crippen LogP contribution is 2.29. The second-order valence-corrected chi connectivity index (χ2v) is 4.65. The Morgan fingerprint density at radius 3 is 3.00 bits per heavy atom. The van der Waals surface area contributed by atoms with E-state index in [4.69, 9.17) is 4.42 Å². The SMILES string of the molecule is Brc1ccccc1-c1nc2c(o1)CCNC2. The standard InChI is InChI=1S/C12H11BrN2O/c13-9-4-2-1-3-8(9)12-15-10-7-14-6-5-11(10)16-12/h1-4,14H,5-7H2. The van der Waals surface area contributed by atoms with Gasteiger partial charge in [-0.15, -0.1) is 0 Å². The molecule has 0 amide bonds. The third kappa shape index (κ3) is 1.68. The van der Waals surface area contributed by atoms with Crippen LogP contribution in [0.4, 0.5) is 0 Å². The molecule has 0 unspecified atom stereocenters. The van der Waals surface area contributed by atoms with Crippen molar-refractivity contribution in [1.29, 1.82) is 0 Å². The van der Waals surface area contributed by atoms with Crippen LogP contribution in [0, 0.1) is 0 Å². The first kappa shape index (κ1) is 10.1. The van der Waals surface area contributed by atoms with Gasteiger partial charge < -0.3 is 9.73 Å². The van der Waals surface area contributed by atoms with E-state index in [1.54, 1.807) is 0 Å². The molecule has 2 heterocycles. The summed E-state index contributed by atoms with van der Waals surface area (Å²) < 4.78 is 6.81. The van der Waals surface area contributed by atoms with Crippen LogP contribution < -0.4 is 5.32 Å². The number of hydrogen-bond donors (Lipinski definition) is 1. The molecule has 1 aliphatic heterocycles. The summed E-state index contributed by atoms with van der Waals surface area (Å²) in [6.07, 6.45) is 0.923. The molecule has 0 spiro atoms. The fourth-order valence-corrected chi connectivity index (χ4v) is 2.33. The van der Waals surface area contributed by atoms with E-state index in [-0.39, 0.29) is 0 Å². The summed E-state index contributed by atoms with van der Waals surface area (Å²) in [6.45, 7) is 1.78. The number of halogens is 1. The lowest BCUT2D eigenvalue weighted by Gasteiger charge is -2.08. The Morgan fingerprint density at radius 1 is 1.31 bits per heavy atom. The van der Waals surface area contributed by atoms with Gasteiger partial charge in [0.2, 0.25) is 5.89 Å². The minimum Gasteiger partial charge on any atom is -0.441 e. The van der Waals surface area contributed by atoms with Gasteiger partial charge in [0, 0.05) is 24.0 Å². The highest BCUT2D eigenvalue weighted by Gasteiger charge is 2.18. The van der Waals surface area contributed by atoms with Crippen molar-refractivity contribution in [3.05, 3.63) is 40.2 Å². The van der Waals surface area contributed by atoms with Gasteiger partial charge in [0.05, 0.1) is 11.3 Å². The normalized spacial score (nSPS) is 14.8. The Balaban J connectivity index is 2.07. The maximum absolute atomic E-state index is 5.79. The van der Waals surface area contributed by atoms with Gasteiger partial charge in [-0.25, -0.2) is 4.98 Å². The number of rotatable bonds is 1. The van der Waals surface area contributed by atoms with Crippen LogP contribution in [-0.2, 0) is 13.0 Å². The van der Waals surface area contributed by atoms with Crippen molar-refractivity contribution in [3.63, 3.8) is 0 Å². The Labute approximate surface area is 102 Å². The Hall–Kier alpha value is -1.13. The summed E-state index contributed by atoms with van der Waals surface area (Å²) in [5.74, 6) is 1.73. The maximum atomic E-state index is 5.79. The van der Waals surface area contributed by atoms with Crippen LogP contribution in [-0.4, -0.2) is 11.5 Å². The summed E-state index contributed by atoms with van der Waals surface area (Å²) in [7, 11) is 0. The fourth-order valence-electron chi connectivity index (χ4n) is 1.88. The van der Waals surface area contributed by atoms with Gasteiger partial charge in [-0.05, 0) is 28.1 Å². The van der Waals surface area contributed by atoms with Gasteiger partial charge in [-0.1, -0.05) is 12.1 Å². The third-order valence-electron chi connectivity index (χ3n) is 2.70. The van der Waals surface area contributed by atoms with Crippen molar-refractivity contribution in [2.75, 3.05) is 6.54 Å². The number of hydrogen-bond acceptors (Lipinski definition) is 3. The molecule has 1 aliphatic rings. The van der Waals surface area contributed by atoms with Crippen molar-refractivity contribution in [3.8, 4) is 11.5 Å². The molecule has 1 aromatic carbocycles. The summed E-state index contributed by atoms with van der Waals surface area (Å²) in [5, 5.41) is 3.29. The largest absolute Gasteiger partial charge is 0.441 e. The summed E-state index contributed by atoms with van der Waals surface area (Å²) in [6, 6.07) is 7.98. The molecule has 82 valence electrons. The topological polar surface area (TPSA) is 38.1 Å². The molecule has 0 radical (unpaired) electrons. The summed E-state index contributed by atoms with van der Waals surface area (Å²) in [4.78, 5) is 4.52. The molecular formula is C12H11BrN2O. The van der Waals surface area contributed by atoms with Crippen LogP contribution in [0.15, 0.2) is 33.2 Å². The number of oxazole rings is 1. The van der Waals surface area contributed by atoms with Crippen molar-refractivity contribution in [2.24, 2.45) is 0 Å². The molecule has 2 aromatic rings. The number of aromatic nitrogens is 1. The summed E-state index contributed by atoms with van der Waals surface area (Å²) >= 11 is 3.51. The van der Waals surface area contributed by atoms with E-state index >= 15 is 0 Å². The molecule has 3 nitrogen and oxygen atoms in total. The van der Waals surface area contributed by atoms with Crippen LogP contribution in [0.1, 0.15) is 11.5 Å². The van der Waals surface area contributed by atoms with Gasteiger partial charge in [0.25, 0.3) is 0 Å². The lowest BCUT2D eigenvalue weighted by atomic mass is 10.2. The highest BCUT2D eigenvalue weighted by atomic mass is 79.9. The second kappa shape index (κ2) is 4.03. The second-order valence-electron chi connectivity index (χ2n) is 3.80. The first-order valence-electron chi connectivity index (χ1n) is 5.29. The Kier molecular flexibility index (Phi) is 2.53. The lowest BCUT2D eigenvalue weighted by molar-refractivity contribution is 0.483. The molecule has 0 saturated carbocycles. The number of nitrogens with one attached hydrogen (secondary N) is 1. The van der Waals surface area contributed by atoms with Crippen LogP contribution in [0.3, 0.4) is 0 Å². The van der Waals surface area contributed by atoms with Crippen LogP contribution >= 0.6 is 15.9 Å². The van der Waals surface area contributed by atoms with Gasteiger partial charge >= 0.3 is 0 Å². The fraction of sp³-hybridized carbons (Fsp3) is 0.250.